The molecular formula is C21H24IN5OS. The van der Waals surface area contributed by atoms with Crippen LogP contribution in [0.25, 0.3) is 0 Å². The molecule has 0 fully saturated rings. The van der Waals surface area contributed by atoms with Crippen molar-refractivity contribution in [3.63, 3.8) is 0 Å². The molecule has 1 atom stereocenters. The number of aromatic nitrogens is 3. The van der Waals surface area contributed by atoms with Gasteiger partial charge in [-0.3, -0.25) is 9.69 Å². The fourth-order valence-electron chi connectivity index (χ4n) is 2.75. The predicted octanol–water partition coefficient (Wildman–Crippen LogP) is 4.28. The van der Waals surface area contributed by atoms with Crippen LogP contribution in [-0.4, -0.2) is 45.4 Å². The molecule has 3 rings (SSSR count). The number of hydrogen-bond donors (Lipinski definition) is 1. The highest BCUT2D eigenvalue weighted by Crippen LogP contribution is 2.24. The third-order valence-electron chi connectivity index (χ3n) is 4.52. The molecule has 2 aromatic carbocycles. The number of hydrogen-bond acceptors (Lipinski definition) is 5. The maximum absolute atomic E-state index is 12.4. The van der Waals surface area contributed by atoms with Gasteiger partial charge in [-0.25, -0.2) is 0 Å². The molecule has 29 heavy (non-hydrogen) atoms. The molecule has 3 aromatic rings. The summed E-state index contributed by atoms with van der Waals surface area (Å²) in [7, 11) is 4.04. The van der Waals surface area contributed by atoms with Crippen LogP contribution in [0.2, 0.25) is 0 Å². The summed E-state index contributed by atoms with van der Waals surface area (Å²) in [5, 5.41) is 12.5. The Labute approximate surface area is 189 Å². The van der Waals surface area contributed by atoms with E-state index in [-0.39, 0.29) is 17.7 Å². The molecule has 0 aliphatic heterocycles. The quantitative estimate of drug-likeness (QED) is 0.354. The topological polar surface area (TPSA) is 63.1 Å². The average molecular weight is 521 g/mol. The summed E-state index contributed by atoms with van der Waals surface area (Å²) in [6.07, 6.45) is 0. The summed E-state index contributed by atoms with van der Waals surface area (Å²) >= 11 is 3.63. The van der Waals surface area contributed by atoms with Gasteiger partial charge in [-0.1, -0.05) is 48.2 Å². The molecule has 0 bridgehead atoms. The summed E-state index contributed by atoms with van der Waals surface area (Å²) in [6.45, 7) is 2.77. The Bertz CT molecular complexity index is 961. The van der Waals surface area contributed by atoms with Gasteiger partial charge in [0.15, 0.2) is 11.0 Å². The molecule has 1 aromatic heterocycles. The SMILES string of the molecule is C[C@H](c1nnc(SCC(=O)Nc2cccc(I)c2)n1Cc1ccccc1)N(C)C. The molecule has 0 saturated heterocycles. The first kappa shape index (κ1) is 21.8. The highest BCUT2D eigenvalue weighted by Gasteiger charge is 2.20. The van der Waals surface area contributed by atoms with Gasteiger partial charge in [0.2, 0.25) is 5.91 Å². The zero-order valence-electron chi connectivity index (χ0n) is 16.7. The summed E-state index contributed by atoms with van der Waals surface area (Å²) in [5.41, 5.74) is 1.97. The van der Waals surface area contributed by atoms with Gasteiger partial charge >= 0.3 is 0 Å². The van der Waals surface area contributed by atoms with Crippen molar-refractivity contribution in [1.29, 1.82) is 0 Å². The van der Waals surface area contributed by atoms with Crippen LogP contribution >= 0.6 is 34.4 Å². The lowest BCUT2D eigenvalue weighted by Gasteiger charge is -2.20. The first-order valence-corrected chi connectivity index (χ1v) is 11.3. The molecule has 0 unspecified atom stereocenters. The Morgan fingerprint density at radius 2 is 1.93 bits per heavy atom. The number of nitrogens with zero attached hydrogens (tertiary/aromatic N) is 4. The van der Waals surface area contributed by atoms with Gasteiger partial charge in [0.25, 0.3) is 0 Å². The van der Waals surface area contributed by atoms with Crippen LogP contribution in [0.15, 0.2) is 59.8 Å². The molecule has 0 saturated carbocycles. The lowest BCUT2D eigenvalue weighted by atomic mass is 10.2. The molecule has 0 radical (unpaired) electrons. The van der Waals surface area contributed by atoms with Crippen molar-refractivity contribution in [2.75, 3.05) is 25.2 Å². The van der Waals surface area contributed by atoms with Crippen LogP contribution in [0.3, 0.4) is 0 Å². The fourth-order valence-corrected chi connectivity index (χ4v) is 4.04. The maximum Gasteiger partial charge on any atom is 0.234 e. The minimum atomic E-state index is -0.0616. The lowest BCUT2D eigenvalue weighted by Crippen LogP contribution is -2.21. The van der Waals surface area contributed by atoms with Gasteiger partial charge in [0.1, 0.15) is 0 Å². The van der Waals surface area contributed by atoms with Gasteiger partial charge in [0.05, 0.1) is 18.3 Å². The number of carbonyl (C=O) groups is 1. The lowest BCUT2D eigenvalue weighted by molar-refractivity contribution is -0.113. The van der Waals surface area contributed by atoms with E-state index in [2.05, 4.69) is 66.6 Å². The maximum atomic E-state index is 12.4. The molecule has 1 heterocycles. The molecule has 1 N–H and O–H groups in total. The van der Waals surface area contributed by atoms with E-state index < -0.39 is 0 Å². The number of thioether (sulfide) groups is 1. The number of rotatable bonds is 8. The second kappa shape index (κ2) is 10.2. The third-order valence-corrected chi connectivity index (χ3v) is 6.16. The number of benzene rings is 2. The highest BCUT2D eigenvalue weighted by atomic mass is 127. The minimum absolute atomic E-state index is 0.0616. The Hall–Kier alpha value is -1.91. The largest absolute Gasteiger partial charge is 0.325 e. The number of halogens is 1. The van der Waals surface area contributed by atoms with Gasteiger partial charge in [-0.15, -0.1) is 10.2 Å². The average Bonchev–Trinajstić information content (AvgIpc) is 3.09. The molecule has 8 heteroatoms. The second-order valence-corrected chi connectivity index (χ2v) is 9.09. The molecule has 0 aliphatic carbocycles. The minimum Gasteiger partial charge on any atom is -0.325 e. The van der Waals surface area contributed by atoms with E-state index in [0.29, 0.717) is 6.54 Å². The second-order valence-electron chi connectivity index (χ2n) is 6.90. The highest BCUT2D eigenvalue weighted by molar-refractivity contribution is 14.1. The van der Waals surface area contributed by atoms with Crippen molar-refractivity contribution in [2.24, 2.45) is 0 Å². The van der Waals surface area contributed by atoms with E-state index in [1.165, 1.54) is 17.3 Å². The van der Waals surface area contributed by atoms with E-state index in [9.17, 15) is 4.79 Å². The summed E-state index contributed by atoms with van der Waals surface area (Å²) < 4.78 is 3.18. The molecule has 0 spiro atoms. The summed E-state index contributed by atoms with van der Waals surface area (Å²) in [6, 6.07) is 18.1. The Morgan fingerprint density at radius 1 is 1.17 bits per heavy atom. The zero-order valence-corrected chi connectivity index (χ0v) is 19.6. The van der Waals surface area contributed by atoms with Crippen LogP contribution in [0.1, 0.15) is 24.4 Å². The van der Waals surface area contributed by atoms with Crippen LogP contribution in [0, 0.1) is 3.57 Å². The van der Waals surface area contributed by atoms with Gasteiger partial charge in [-0.2, -0.15) is 0 Å². The van der Waals surface area contributed by atoms with Crippen molar-refractivity contribution < 1.29 is 4.79 Å². The van der Waals surface area contributed by atoms with Crippen LogP contribution in [0.5, 0.6) is 0 Å². The van der Waals surface area contributed by atoms with E-state index >= 15 is 0 Å². The van der Waals surface area contributed by atoms with Gasteiger partial charge < -0.3 is 9.88 Å². The van der Waals surface area contributed by atoms with Crippen molar-refractivity contribution in [3.8, 4) is 0 Å². The Morgan fingerprint density at radius 3 is 2.62 bits per heavy atom. The zero-order chi connectivity index (χ0) is 20.8. The smallest absolute Gasteiger partial charge is 0.234 e. The molecule has 152 valence electrons. The first-order valence-electron chi connectivity index (χ1n) is 9.25. The third kappa shape index (κ3) is 6.03. The van der Waals surface area contributed by atoms with Crippen molar-refractivity contribution >= 4 is 45.9 Å². The molecule has 1 amide bonds. The number of anilines is 1. The normalized spacial score (nSPS) is 12.2. The summed E-state index contributed by atoms with van der Waals surface area (Å²) in [5.74, 6) is 1.10. The van der Waals surface area contributed by atoms with Crippen molar-refractivity contribution in [1.82, 2.24) is 19.7 Å². The molecular weight excluding hydrogens is 497 g/mol. The number of nitrogens with one attached hydrogen (secondary N) is 1. The van der Waals surface area contributed by atoms with Gasteiger partial charge in [-0.05, 0) is 67.4 Å². The van der Waals surface area contributed by atoms with Crippen molar-refractivity contribution in [2.45, 2.75) is 24.7 Å². The van der Waals surface area contributed by atoms with Crippen LogP contribution in [0.4, 0.5) is 5.69 Å². The van der Waals surface area contributed by atoms with Crippen LogP contribution in [-0.2, 0) is 11.3 Å². The van der Waals surface area contributed by atoms with Crippen molar-refractivity contribution in [3.05, 3.63) is 69.6 Å². The monoisotopic (exact) mass is 521 g/mol. The number of carbonyl (C=O) groups excluding carboxylic acids is 1. The van der Waals surface area contributed by atoms with E-state index in [0.717, 1.165) is 20.2 Å². The molecule has 6 nitrogen and oxygen atoms in total. The van der Waals surface area contributed by atoms with E-state index in [1.807, 2.05) is 56.6 Å². The van der Waals surface area contributed by atoms with E-state index in [4.69, 9.17) is 0 Å². The fraction of sp³-hybridized carbons (Fsp3) is 0.286. The van der Waals surface area contributed by atoms with Gasteiger partial charge in [0, 0.05) is 9.26 Å². The first-order chi connectivity index (χ1) is 13.9. The van der Waals surface area contributed by atoms with Crippen LogP contribution < -0.4 is 5.32 Å². The van der Waals surface area contributed by atoms with E-state index in [1.54, 1.807) is 0 Å². The predicted molar refractivity (Wildman–Crippen MR) is 126 cm³/mol. The summed E-state index contributed by atoms with van der Waals surface area (Å²) in [4.78, 5) is 14.5. The Balaban J connectivity index is 1.74. The number of amides is 1. The standard InChI is InChI=1S/C21H24IN5OS/c1-15(26(2)3)20-24-25-21(27(20)13-16-8-5-4-6-9-16)29-14-19(28)23-18-11-7-10-17(22)12-18/h4-12,15H,13-14H2,1-3H3,(H,23,28)/t15-/m1/s1. The Kier molecular flexibility index (Phi) is 7.68. The molecule has 0 aliphatic rings.